The van der Waals surface area contributed by atoms with Crippen molar-refractivity contribution in [3.05, 3.63) is 53.3 Å². The maximum atomic E-state index is 12.5. The van der Waals surface area contributed by atoms with E-state index in [2.05, 4.69) is 44.9 Å². The van der Waals surface area contributed by atoms with Gasteiger partial charge in [0.05, 0.1) is 6.20 Å². The maximum absolute atomic E-state index is 12.5. The van der Waals surface area contributed by atoms with Crippen molar-refractivity contribution >= 4 is 5.91 Å². The topological polar surface area (TPSA) is 62.2 Å². The van der Waals surface area contributed by atoms with Crippen molar-refractivity contribution in [2.75, 3.05) is 20.1 Å². The third-order valence-electron chi connectivity index (χ3n) is 4.95. The molecule has 1 aromatic heterocycles. The minimum Gasteiger partial charge on any atom is -0.350 e. The molecule has 1 aliphatic rings. The number of piperidine rings is 1. The number of carbonyl (C=O) groups excluding carboxylic acids is 1. The first-order valence-corrected chi connectivity index (χ1v) is 9.39. The van der Waals surface area contributed by atoms with Crippen molar-refractivity contribution in [3.8, 4) is 0 Å². The third kappa shape index (κ3) is 4.93. The van der Waals surface area contributed by atoms with E-state index in [4.69, 9.17) is 0 Å². The predicted octanol–water partition coefficient (Wildman–Crippen LogP) is 1.98. The number of amides is 1. The Morgan fingerprint density at radius 3 is 2.46 bits per heavy atom. The van der Waals surface area contributed by atoms with Crippen molar-refractivity contribution in [1.82, 2.24) is 25.3 Å². The van der Waals surface area contributed by atoms with Gasteiger partial charge in [-0.3, -0.25) is 14.4 Å². The zero-order valence-corrected chi connectivity index (χ0v) is 15.7. The summed E-state index contributed by atoms with van der Waals surface area (Å²) in [7, 11) is 3.63. The van der Waals surface area contributed by atoms with Crippen LogP contribution in [0.5, 0.6) is 0 Å². The number of nitrogens with zero attached hydrogens (tertiary/aromatic N) is 3. The van der Waals surface area contributed by atoms with Crippen LogP contribution in [0.3, 0.4) is 0 Å². The number of hydrogen-bond donors (Lipinski definition) is 2. The molecule has 0 radical (unpaired) electrons. The first kappa shape index (κ1) is 18.6. The summed E-state index contributed by atoms with van der Waals surface area (Å²) in [5.41, 5.74) is 3.32. The lowest BCUT2D eigenvalue weighted by Crippen LogP contribution is -2.35. The van der Waals surface area contributed by atoms with Crippen molar-refractivity contribution in [2.45, 2.75) is 38.4 Å². The highest BCUT2D eigenvalue weighted by molar-refractivity contribution is 5.83. The molecule has 1 fully saturated rings. The fourth-order valence-electron chi connectivity index (χ4n) is 3.47. The van der Waals surface area contributed by atoms with E-state index in [9.17, 15) is 4.79 Å². The fraction of sp³-hybridized carbons (Fsp3) is 0.500. The quantitative estimate of drug-likeness (QED) is 0.797. The molecule has 26 heavy (non-hydrogen) atoms. The monoisotopic (exact) mass is 355 g/mol. The van der Waals surface area contributed by atoms with Crippen LogP contribution in [-0.4, -0.2) is 40.7 Å². The first-order valence-electron chi connectivity index (χ1n) is 9.39. The van der Waals surface area contributed by atoms with Crippen LogP contribution in [0.15, 0.2) is 36.7 Å². The Morgan fingerprint density at radius 1 is 1.15 bits per heavy atom. The summed E-state index contributed by atoms with van der Waals surface area (Å²) in [6, 6.07) is 8.18. The van der Waals surface area contributed by atoms with Crippen molar-refractivity contribution in [3.63, 3.8) is 0 Å². The Balaban J connectivity index is 1.51. The van der Waals surface area contributed by atoms with E-state index in [1.165, 1.54) is 37.9 Å². The highest BCUT2D eigenvalue weighted by atomic mass is 16.2. The number of likely N-dealkylation sites (N-methyl/N-ethyl adjacent to an activating group) is 1. The molecule has 2 heterocycles. The van der Waals surface area contributed by atoms with Crippen LogP contribution < -0.4 is 10.6 Å². The number of hydrogen-bond acceptors (Lipinski definition) is 4. The zero-order valence-electron chi connectivity index (χ0n) is 15.7. The largest absolute Gasteiger partial charge is 0.350 e. The molecule has 0 saturated carbocycles. The molecule has 2 aromatic rings. The number of likely N-dealkylation sites (tertiary alicyclic amines) is 1. The van der Waals surface area contributed by atoms with Gasteiger partial charge in [0.2, 0.25) is 5.91 Å². The summed E-state index contributed by atoms with van der Waals surface area (Å²) in [5, 5.41) is 10.2. The van der Waals surface area contributed by atoms with E-state index in [-0.39, 0.29) is 11.9 Å². The minimum atomic E-state index is -0.387. The van der Waals surface area contributed by atoms with Crippen LogP contribution in [0.2, 0.25) is 0 Å². The van der Waals surface area contributed by atoms with Crippen LogP contribution in [0.25, 0.3) is 0 Å². The van der Waals surface area contributed by atoms with Gasteiger partial charge in [-0.05, 0) is 44.1 Å². The summed E-state index contributed by atoms with van der Waals surface area (Å²) < 4.78 is 1.70. The van der Waals surface area contributed by atoms with E-state index in [1.807, 2.05) is 13.2 Å². The summed E-state index contributed by atoms with van der Waals surface area (Å²) in [4.78, 5) is 15.0. The van der Waals surface area contributed by atoms with Gasteiger partial charge in [-0.15, -0.1) is 0 Å². The highest BCUT2D eigenvalue weighted by Gasteiger charge is 2.19. The van der Waals surface area contributed by atoms with Gasteiger partial charge in [0.1, 0.15) is 6.04 Å². The highest BCUT2D eigenvalue weighted by Crippen LogP contribution is 2.14. The van der Waals surface area contributed by atoms with Gasteiger partial charge in [0.15, 0.2) is 0 Å². The average molecular weight is 355 g/mol. The second-order valence-corrected chi connectivity index (χ2v) is 7.04. The van der Waals surface area contributed by atoms with Gasteiger partial charge in [-0.1, -0.05) is 30.7 Å². The van der Waals surface area contributed by atoms with E-state index < -0.39 is 0 Å². The molecule has 1 atom stereocenters. The predicted molar refractivity (Wildman–Crippen MR) is 102 cm³/mol. The van der Waals surface area contributed by atoms with E-state index in [0.29, 0.717) is 6.54 Å². The maximum Gasteiger partial charge on any atom is 0.242 e. The van der Waals surface area contributed by atoms with Crippen LogP contribution >= 0.6 is 0 Å². The van der Waals surface area contributed by atoms with Gasteiger partial charge in [-0.2, -0.15) is 5.10 Å². The Kier molecular flexibility index (Phi) is 6.41. The molecule has 0 bridgehead atoms. The molecular formula is C20H29N5O. The lowest BCUT2D eigenvalue weighted by atomic mass is 10.1. The summed E-state index contributed by atoms with van der Waals surface area (Å²) in [6.45, 7) is 3.96. The minimum absolute atomic E-state index is 0.0436. The van der Waals surface area contributed by atoms with Gasteiger partial charge >= 0.3 is 0 Å². The number of benzene rings is 1. The van der Waals surface area contributed by atoms with Crippen molar-refractivity contribution in [2.24, 2.45) is 7.05 Å². The van der Waals surface area contributed by atoms with E-state index in [1.54, 1.807) is 17.9 Å². The normalized spacial score (nSPS) is 16.4. The standard InChI is InChI=1S/C20H29N5O/c1-21-19(18-13-23-24(2)15-18)20(26)22-12-16-6-8-17(9-7-16)14-25-10-4-3-5-11-25/h6-9,13,15,19,21H,3-5,10-12,14H2,1-2H3,(H,22,26). The molecule has 1 unspecified atom stereocenters. The Morgan fingerprint density at radius 2 is 1.85 bits per heavy atom. The third-order valence-corrected chi connectivity index (χ3v) is 4.95. The number of aryl methyl sites for hydroxylation is 1. The SMILES string of the molecule is CNC(C(=O)NCc1ccc(CN2CCCCC2)cc1)c1cnn(C)c1. The summed E-state index contributed by atoms with van der Waals surface area (Å²) in [6.07, 6.45) is 7.56. The van der Waals surface area contributed by atoms with Crippen LogP contribution in [0.1, 0.15) is 42.0 Å². The van der Waals surface area contributed by atoms with Crippen LogP contribution in [0.4, 0.5) is 0 Å². The zero-order chi connectivity index (χ0) is 18.4. The van der Waals surface area contributed by atoms with Gasteiger partial charge in [0, 0.05) is 31.9 Å². The van der Waals surface area contributed by atoms with Gasteiger partial charge in [-0.25, -0.2) is 0 Å². The van der Waals surface area contributed by atoms with Crippen molar-refractivity contribution < 1.29 is 4.79 Å². The number of carbonyl (C=O) groups is 1. The van der Waals surface area contributed by atoms with E-state index >= 15 is 0 Å². The second kappa shape index (κ2) is 8.96. The molecule has 140 valence electrons. The van der Waals surface area contributed by atoms with Crippen LogP contribution in [0, 0.1) is 0 Å². The number of nitrogens with one attached hydrogen (secondary N) is 2. The van der Waals surface area contributed by atoms with Gasteiger partial charge < -0.3 is 10.6 Å². The molecule has 6 nitrogen and oxygen atoms in total. The van der Waals surface area contributed by atoms with Gasteiger partial charge in [0.25, 0.3) is 0 Å². The lowest BCUT2D eigenvalue weighted by Gasteiger charge is -2.26. The molecule has 2 N–H and O–H groups in total. The molecule has 3 rings (SSSR count). The number of rotatable bonds is 7. The molecule has 0 aliphatic carbocycles. The van der Waals surface area contributed by atoms with Crippen LogP contribution in [-0.2, 0) is 24.9 Å². The van der Waals surface area contributed by atoms with E-state index in [0.717, 1.165) is 17.7 Å². The molecule has 1 amide bonds. The second-order valence-electron chi connectivity index (χ2n) is 7.04. The Hall–Kier alpha value is -2.18. The summed E-state index contributed by atoms with van der Waals surface area (Å²) >= 11 is 0. The lowest BCUT2D eigenvalue weighted by molar-refractivity contribution is -0.123. The van der Waals surface area contributed by atoms with Crippen molar-refractivity contribution in [1.29, 1.82) is 0 Å². The molecular weight excluding hydrogens is 326 g/mol. The smallest absolute Gasteiger partial charge is 0.242 e. The molecule has 0 spiro atoms. The Bertz CT molecular complexity index is 703. The number of aromatic nitrogens is 2. The summed E-state index contributed by atoms with van der Waals surface area (Å²) in [5.74, 6) is -0.0436. The molecule has 1 saturated heterocycles. The first-order chi connectivity index (χ1) is 12.7. The Labute approximate surface area is 155 Å². The molecule has 1 aromatic carbocycles. The average Bonchev–Trinajstić information content (AvgIpc) is 3.08. The molecule has 1 aliphatic heterocycles. The molecule has 6 heteroatoms. The fourth-order valence-corrected chi connectivity index (χ4v) is 3.47.